The summed E-state index contributed by atoms with van der Waals surface area (Å²) in [4.78, 5) is 32.9. The van der Waals surface area contributed by atoms with Crippen LogP contribution in [0.4, 0.5) is 0 Å². The Balaban J connectivity index is 4.68. The summed E-state index contributed by atoms with van der Waals surface area (Å²) < 4.78 is 0.593. The van der Waals surface area contributed by atoms with Gasteiger partial charge < -0.3 is 19.8 Å². The summed E-state index contributed by atoms with van der Waals surface area (Å²) in [6.07, 6.45) is 17.0. The first kappa shape index (κ1) is 30.1. The Hall–Kier alpha value is -1.89. The average molecular weight is 457 g/mol. The summed E-state index contributed by atoms with van der Waals surface area (Å²) >= 11 is 0. The second kappa shape index (κ2) is 19.8. The van der Waals surface area contributed by atoms with E-state index < -0.39 is 17.9 Å². The SMILES string of the molecule is CCCCCCCCC/C=C/CC[N+](CCCC(=O)O)(CCCC(=O)O)CCCC(=O)O. The summed E-state index contributed by atoms with van der Waals surface area (Å²) in [5, 5.41) is 27.0. The first-order chi connectivity index (χ1) is 15.3. The molecule has 0 unspecified atom stereocenters. The van der Waals surface area contributed by atoms with E-state index in [2.05, 4.69) is 19.1 Å². The van der Waals surface area contributed by atoms with E-state index in [-0.39, 0.29) is 19.3 Å². The van der Waals surface area contributed by atoms with Crippen LogP contribution in [0.2, 0.25) is 0 Å². The molecule has 0 aromatic carbocycles. The van der Waals surface area contributed by atoms with Crippen LogP contribution in [0.3, 0.4) is 0 Å². The number of hydrogen-bond donors (Lipinski definition) is 3. The monoisotopic (exact) mass is 456 g/mol. The van der Waals surface area contributed by atoms with Gasteiger partial charge in [0.05, 0.1) is 45.4 Å². The van der Waals surface area contributed by atoms with Crippen molar-refractivity contribution in [3.8, 4) is 0 Å². The number of rotatable bonds is 23. The highest BCUT2D eigenvalue weighted by atomic mass is 16.4. The van der Waals surface area contributed by atoms with E-state index in [9.17, 15) is 14.4 Å². The van der Waals surface area contributed by atoms with Crippen LogP contribution in [-0.4, -0.2) is 63.9 Å². The first-order valence-corrected chi connectivity index (χ1v) is 12.5. The third kappa shape index (κ3) is 18.8. The highest BCUT2D eigenvalue weighted by Gasteiger charge is 2.26. The molecule has 0 heterocycles. The predicted octanol–water partition coefficient (Wildman–Crippen LogP) is 5.48. The number of hydrogen-bond acceptors (Lipinski definition) is 3. The number of allylic oxidation sites excluding steroid dienone is 1. The van der Waals surface area contributed by atoms with Gasteiger partial charge in [0.15, 0.2) is 0 Å². The smallest absolute Gasteiger partial charge is 0.303 e. The highest BCUT2D eigenvalue weighted by molar-refractivity contribution is 5.67. The van der Waals surface area contributed by atoms with Crippen LogP contribution < -0.4 is 0 Å². The van der Waals surface area contributed by atoms with E-state index in [0.717, 1.165) is 19.4 Å². The van der Waals surface area contributed by atoms with E-state index in [1.165, 1.54) is 44.9 Å². The zero-order valence-electron chi connectivity index (χ0n) is 20.1. The van der Waals surface area contributed by atoms with E-state index in [1.807, 2.05) is 0 Å². The number of carboxylic acid groups (broad SMARTS) is 3. The Morgan fingerprint density at radius 1 is 0.562 bits per heavy atom. The quantitative estimate of drug-likeness (QED) is 0.107. The molecule has 0 aliphatic heterocycles. The normalized spacial score (nSPS) is 11.8. The lowest BCUT2D eigenvalue weighted by Crippen LogP contribution is -2.51. The molecule has 0 saturated carbocycles. The maximum atomic E-state index is 11.0. The molecular weight excluding hydrogens is 410 g/mol. The molecule has 3 N–H and O–H groups in total. The summed E-state index contributed by atoms with van der Waals surface area (Å²) in [7, 11) is 0. The maximum absolute atomic E-state index is 11.0. The fourth-order valence-corrected chi connectivity index (χ4v) is 4.17. The van der Waals surface area contributed by atoms with E-state index in [0.29, 0.717) is 43.4 Å². The van der Waals surface area contributed by atoms with Crippen molar-refractivity contribution in [2.75, 3.05) is 26.2 Å². The van der Waals surface area contributed by atoms with Gasteiger partial charge in [-0.3, -0.25) is 14.4 Å². The fourth-order valence-electron chi connectivity index (χ4n) is 4.17. The predicted molar refractivity (Wildman–Crippen MR) is 127 cm³/mol. The second-order valence-corrected chi connectivity index (χ2v) is 8.90. The van der Waals surface area contributed by atoms with Crippen LogP contribution in [0, 0.1) is 0 Å². The zero-order valence-corrected chi connectivity index (χ0v) is 20.1. The molecule has 0 rings (SSSR count). The largest absolute Gasteiger partial charge is 0.481 e. The van der Waals surface area contributed by atoms with Crippen molar-refractivity contribution in [1.82, 2.24) is 0 Å². The van der Waals surface area contributed by atoms with Crippen LogP contribution in [0.1, 0.15) is 103 Å². The third-order valence-corrected chi connectivity index (χ3v) is 5.98. The minimum atomic E-state index is -0.839. The van der Waals surface area contributed by atoms with Gasteiger partial charge in [-0.15, -0.1) is 0 Å². The standard InChI is InChI=1S/C25H45NO6/c1-2-3-4-5-6-7-8-9-10-11-12-19-26(20-13-16-23(27)28,21-14-17-24(29)30)22-15-18-25(31)32/h10-11H,2-9,12-22H2,1H3,(H2-,27,28,29,30,31,32)/p+1/b11-10+. The number of carboxylic acids is 3. The highest BCUT2D eigenvalue weighted by Crippen LogP contribution is 2.17. The maximum Gasteiger partial charge on any atom is 0.303 e. The van der Waals surface area contributed by atoms with Gasteiger partial charge in [-0.2, -0.15) is 0 Å². The van der Waals surface area contributed by atoms with Crippen molar-refractivity contribution in [3.05, 3.63) is 12.2 Å². The van der Waals surface area contributed by atoms with Gasteiger partial charge in [0.1, 0.15) is 0 Å². The van der Waals surface area contributed by atoms with Gasteiger partial charge in [0.25, 0.3) is 0 Å². The molecule has 7 nitrogen and oxygen atoms in total. The summed E-state index contributed by atoms with van der Waals surface area (Å²) in [6.45, 7) is 4.92. The van der Waals surface area contributed by atoms with Crippen molar-refractivity contribution in [2.45, 2.75) is 103 Å². The van der Waals surface area contributed by atoms with Crippen molar-refractivity contribution in [2.24, 2.45) is 0 Å². The van der Waals surface area contributed by atoms with E-state index in [1.54, 1.807) is 0 Å². The molecule has 32 heavy (non-hydrogen) atoms. The zero-order chi connectivity index (χ0) is 24.1. The summed E-state index contributed by atoms with van der Waals surface area (Å²) in [5.74, 6) is -2.52. The van der Waals surface area contributed by atoms with Gasteiger partial charge in [-0.05, 0) is 12.8 Å². The van der Waals surface area contributed by atoms with Gasteiger partial charge in [-0.25, -0.2) is 0 Å². The molecule has 0 aliphatic carbocycles. The molecule has 0 aromatic heterocycles. The first-order valence-electron chi connectivity index (χ1n) is 12.5. The lowest BCUT2D eigenvalue weighted by molar-refractivity contribution is -0.928. The minimum absolute atomic E-state index is 0.0754. The number of quaternary nitrogens is 1. The van der Waals surface area contributed by atoms with Gasteiger partial charge in [0.2, 0.25) is 0 Å². The van der Waals surface area contributed by atoms with Crippen molar-refractivity contribution < 1.29 is 34.2 Å². The fraction of sp³-hybridized carbons (Fsp3) is 0.800. The Morgan fingerprint density at radius 2 is 0.969 bits per heavy atom. The molecule has 0 bridgehead atoms. The number of aliphatic carboxylic acids is 3. The van der Waals surface area contributed by atoms with Gasteiger partial charge >= 0.3 is 17.9 Å². The molecule has 0 radical (unpaired) electrons. The van der Waals surface area contributed by atoms with E-state index in [4.69, 9.17) is 15.3 Å². The Morgan fingerprint density at radius 3 is 1.41 bits per heavy atom. The Labute approximate surface area is 194 Å². The van der Waals surface area contributed by atoms with Crippen LogP contribution in [-0.2, 0) is 14.4 Å². The molecule has 0 saturated heterocycles. The molecular formula is C25H46NO6+. The summed E-state index contributed by atoms with van der Waals surface area (Å²) in [5.41, 5.74) is 0. The van der Waals surface area contributed by atoms with Gasteiger partial charge in [0, 0.05) is 25.7 Å². The van der Waals surface area contributed by atoms with Crippen LogP contribution in [0.15, 0.2) is 12.2 Å². The lowest BCUT2D eigenvalue weighted by atomic mass is 10.1. The lowest BCUT2D eigenvalue weighted by Gasteiger charge is -2.39. The molecule has 0 aliphatic rings. The third-order valence-electron chi connectivity index (χ3n) is 5.98. The van der Waals surface area contributed by atoms with Crippen molar-refractivity contribution in [1.29, 1.82) is 0 Å². The molecule has 0 atom stereocenters. The molecule has 0 spiro atoms. The molecule has 0 aromatic rings. The Kier molecular flexibility index (Phi) is 18.6. The molecule has 186 valence electrons. The minimum Gasteiger partial charge on any atom is -0.481 e. The average Bonchev–Trinajstić information content (AvgIpc) is 2.71. The van der Waals surface area contributed by atoms with Gasteiger partial charge in [-0.1, -0.05) is 57.6 Å². The summed E-state index contributed by atoms with van der Waals surface area (Å²) in [6, 6.07) is 0. The number of nitrogens with zero attached hydrogens (tertiary/aromatic N) is 1. The number of unbranched alkanes of at least 4 members (excludes halogenated alkanes) is 7. The Bertz CT molecular complexity index is 496. The number of carbonyl (C=O) groups is 3. The van der Waals surface area contributed by atoms with Crippen molar-refractivity contribution in [3.63, 3.8) is 0 Å². The molecule has 7 heteroatoms. The van der Waals surface area contributed by atoms with Crippen LogP contribution >= 0.6 is 0 Å². The molecule has 0 amide bonds. The molecule has 0 fully saturated rings. The van der Waals surface area contributed by atoms with E-state index >= 15 is 0 Å². The van der Waals surface area contributed by atoms with Crippen molar-refractivity contribution >= 4 is 17.9 Å². The van der Waals surface area contributed by atoms with Crippen LogP contribution in [0.25, 0.3) is 0 Å². The van der Waals surface area contributed by atoms with Crippen LogP contribution in [0.5, 0.6) is 0 Å². The topological polar surface area (TPSA) is 112 Å². The second-order valence-electron chi connectivity index (χ2n) is 8.90.